The second-order valence-corrected chi connectivity index (χ2v) is 7.43. The molecule has 0 fully saturated rings. The molecule has 1 atom stereocenters. The maximum atomic E-state index is 12.9. The number of nitrogens with one attached hydrogen (secondary N) is 1. The largest absolute Gasteiger partial charge is 0.342 e. The molecule has 4 rings (SSSR count). The smallest absolute Gasteiger partial charge is 0.252 e. The van der Waals surface area contributed by atoms with Gasteiger partial charge in [0.25, 0.3) is 5.91 Å². The Morgan fingerprint density at radius 1 is 0.774 bits per heavy atom. The van der Waals surface area contributed by atoms with E-state index in [0.29, 0.717) is 12.0 Å². The third kappa shape index (κ3) is 5.14. The number of aldehydes is 1. The van der Waals surface area contributed by atoms with Crippen LogP contribution in [0.1, 0.15) is 27.0 Å². The van der Waals surface area contributed by atoms with Crippen molar-refractivity contribution in [2.24, 2.45) is 0 Å². The number of hydrogen-bond donors (Lipinski definition) is 1. The molecule has 0 bridgehead atoms. The zero-order chi connectivity index (χ0) is 21.5. The van der Waals surface area contributed by atoms with E-state index in [4.69, 9.17) is 0 Å². The first kappa shape index (κ1) is 20.3. The van der Waals surface area contributed by atoms with Crippen molar-refractivity contribution in [1.82, 2.24) is 5.32 Å². The van der Waals surface area contributed by atoms with E-state index in [1.807, 2.05) is 72.8 Å². The fourth-order valence-corrected chi connectivity index (χ4v) is 3.59. The Labute approximate surface area is 182 Å². The number of hydrogen-bond acceptors (Lipinski definition) is 2. The third-order valence-corrected chi connectivity index (χ3v) is 5.21. The highest BCUT2D eigenvalue weighted by molar-refractivity contribution is 6.00. The molecule has 0 aliphatic carbocycles. The fourth-order valence-electron chi connectivity index (χ4n) is 3.59. The van der Waals surface area contributed by atoms with Crippen LogP contribution in [-0.2, 0) is 11.2 Å². The summed E-state index contributed by atoms with van der Waals surface area (Å²) in [6, 6.07) is 31.0. The van der Waals surface area contributed by atoms with Crippen molar-refractivity contribution in [3.05, 3.63) is 119 Å². The summed E-state index contributed by atoms with van der Waals surface area (Å²) in [5.41, 5.74) is 3.41. The van der Waals surface area contributed by atoms with E-state index in [-0.39, 0.29) is 5.91 Å². The number of benzene rings is 4. The van der Waals surface area contributed by atoms with E-state index in [1.165, 1.54) is 10.8 Å². The van der Waals surface area contributed by atoms with Gasteiger partial charge in [0.1, 0.15) is 6.29 Å². The number of rotatable bonds is 7. The van der Waals surface area contributed by atoms with Crippen LogP contribution in [0.5, 0.6) is 0 Å². The predicted octanol–water partition coefficient (Wildman–Crippen LogP) is 5.55. The van der Waals surface area contributed by atoms with Crippen LogP contribution in [0.4, 0.5) is 0 Å². The molecule has 0 spiro atoms. The summed E-state index contributed by atoms with van der Waals surface area (Å²) in [4.78, 5) is 24.5. The normalized spacial score (nSPS) is 12.0. The molecule has 1 amide bonds. The molecule has 1 unspecified atom stereocenters. The molecule has 0 saturated carbocycles. The third-order valence-electron chi connectivity index (χ3n) is 5.21. The molecule has 3 nitrogen and oxygen atoms in total. The van der Waals surface area contributed by atoms with E-state index < -0.39 is 6.04 Å². The van der Waals surface area contributed by atoms with E-state index in [0.717, 1.165) is 23.0 Å². The summed E-state index contributed by atoms with van der Waals surface area (Å²) >= 11 is 0. The summed E-state index contributed by atoms with van der Waals surface area (Å²) < 4.78 is 0. The number of amides is 1. The van der Waals surface area contributed by atoms with Gasteiger partial charge in [-0.3, -0.25) is 4.79 Å². The molecule has 0 aromatic heterocycles. The average Bonchev–Trinajstić information content (AvgIpc) is 2.83. The SMILES string of the molecule is O=CC(Cc1ccccc1)NC(=O)c1ccccc1C=Cc1ccc2ccccc2c1. The van der Waals surface area contributed by atoms with Crippen molar-refractivity contribution in [3.63, 3.8) is 0 Å². The number of carbonyl (C=O) groups is 2. The minimum atomic E-state index is -0.576. The summed E-state index contributed by atoms with van der Waals surface area (Å²) in [6.45, 7) is 0. The van der Waals surface area contributed by atoms with Crippen LogP contribution in [0.15, 0.2) is 97.1 Å². The van der Waals surface area contributed by atoms with Gasteiger partial charge in [0, 0.05) is 5.56 Å². The van der Waals surface area contributed by atoms with Gasteiger partial charge in [-0.1, -0.05) is 97.1 Å². The second-order valence-electron chi connectivity index (χ2n) is 7.43. The molecule has 0 aliphatic heterocycles. The van der Waals surface area contributed by atoms with Gasteiger partial charge in [-0.2, -0.15) is 0 Å². The van der Waals surface area contributed by atoms with Crippen molar-refractivity contribution >= 4 is 35.1 Å². The first-order valence-electron chi connectivity index (χ1n) is 10.3. The first-order chi connectivity index (χ1) is 15.2. The topological polar surface area (TPSA) is 46.2 Å². The van der Waals surface area contributed by atoms with Gasteiger partial charge in [0.15, 0.2) is 0 Å². The van der Waals surface area contributed by atoms with Gasteiger partial charge in [-0.15, -0.1) is 0 Å². The lowest BCUT2D eigenvalue weighted by Gasteiger charge is -2.14. The lowest BCUT2D eigenvalue weighted by atomic mass is 10.0. The van der Waals surface area contributed by atoms with Gasteiger partial charge >= 0.3 is 0 Å². The Morgan fingerprint density at radius 3 is 2.29 bits per heavy atom. The molecular weight excluding hydrogens is 382 g/mol. The lowest BCUT2D eigenvalue weighted by molar-refractivity contribution is -0.109. The molecule has 3 heteroatoms. The molecule has 0 heterocycles. The van der Waals surface area contributed by atoms with Crippen LogP contribution in [0.3, 0.4) is 0 Å². The van der Waals surface area contributed by atoms with Gasteiger partial charge in [0.2, 0.25) is 0 Å². The predicted molar refractivity (Wildman–Crippen MR) is 127 cm³/mol. The quantitative estimate of drug-likeness (QED) is 0.324. The molecule has 1 N–H and O–H groups in total. The van der Waals surface area contributed by atoms with Crippen molar-refractivity contribution in [2.75, 3.05) is 0 Å². The maximum absolute atomic E-state index is 12.9. The Balaban J connectivity index is 1.52. The summed E-state index contributed by atoms with van der Waals surface area (Å²) in [5.74, 6) is -0.258. The Morgan fingerprint density at radius 2 is 1.48 bits per heavy atom. The Hall–Kier alpha value is -3.98. The van der Waals surface area contributed by atoms with Crippen molar-refractivity contribution in [2.45, 2.75) is 12.5 Å². The molecule has 4 aromatic rings. The van der Waals surface area contributed by atoms with E-state index in [2.05, 4.69) is 35.6 Å². The first-order valence-corrected chi connectivity index (χ1v) is 10.3. The highest BCUT2D eigenvalue weighted by Crippen LogP contribution is 2.19. The monoisotopic (exact) mass is 405 g/mol. The standard InChI is InChI=1S/C28H23NO2/c30-20-26(19-21-8-2-1-3-9-21)29-28(31)27-13-7-6-11-24(27)17-15-22-14-16-23-10-4-5-12-25(23)18-22/h1-18,20,26H,19H2,(H,29,31). The van der Waals surface area contributed by atoms with Gasteiger partial charge in [0.05, 0.1) is 6.04 Å². The van der Waals surface area contributed by atoms with Crippen LogP contribution in [0.2, 0.25) is 0 Å². The zero-order valence-electron chi connectivity index (χ0n) is 17.1. The fraction of sp³-hybridized carbons (Fsp3) is 0.0714. The minimum Gasteiger partial charge on any atom is -0.342 e. The molecule has 0 radical (unpaired) electrons. The summed E-state index contributed by atoms with van der Waals surface area (Å²) in [7, 11) is 0. The molecule has 4 aromatic carbocycles. The maximum Gasteiger partial charge on any atom is 0.252 e. The van der Waals surface area contributed by atoms with E-state index in [1.54, 1.807) is 6.07 Å². The van der Waals surface area contributed by atoms with Crippen LogP contribution in [-0.4, -0.2) is 18.2 Å². The van der Waals surface area contributed by atoms with E-state index in [9.17, 15) is 9.59 Å². The van der Waals surface area contributed by atoms with Crippen LogP contribution >= 0.6 is 0 Å². The molecule has 152 valence electrons. The lowest BCUT2D eigenvalue weighted by Crippen LogP contribution is -2.37. The van der Waals surface area contributed by atoms with Crippen LogP contribution < -0.4 is 5.32 Å². The molecule has 0 aliphatic rings. The van der Waals surface area contributed by atoms with Gasteiger partial charge in [-0.05, 0) is 46.0 Å². The molecular formula is C28H23NO2. The molecule has 0 saturated heterocycles. The Bertz CT molecular complexity index is 1230. The average molecular weight is 405 g/mol. The highest BCUT2D eigenvalue weighted by Gasteiger charge is 2.15. The van der Waals surface area contributed by atoms with Crippen molar-refractivity contribution in [3.8, 4) is 0 Å². The van der Waals surface area contributed by atoms with Crippen LogP contribution in [0, 0.1) is 0 Å². The minimum absolute atomic E-state index is 0.258. The van der Waals surface area contributed by atoms with Crippen molar-refractivity contribution in [1.29, 1.82) is 0 Å². The molecule has 31 heavy (non-hydrogen) atoms. The highest BCUT2D eigenvalue weighted by atomic mass is 16.2. The van der Waals surface area contributed by atoms with Crippen molar-refractivity contribution < 1.29 is 9.59 Å². The van der Waals surface area contributed by atoms with Gasteiger partial charge in [-0.25, -0.2) is 0 Å². The van der Waals surface area contributed by atoms with Gasteiger partial charge < -0.3 is 10.1 Å². The zero-order valence-corrected chi connectivity index (χ0v) is 17.1. The summed E-state index contributed by atoms with van der Waals surface area (Å²) in [5, 5.41) is 5.22. The van der Waals surface area contributed by atoms with E-state index >= 15 is 0 Å². The second kappa shape index (κ2) is 9.68. The Kier molecular flexibility index (Phi) is 6.34. The summed E-state index contributed by atoms with van der Waals surface area (Å²) in [6.07, 6.45) is 5.19. The number of carbonyl (C=O) groups excluding carboxylic acids is 2. The van der Waals surface area contributed by atoms with Crippen LogP contribution in [0.25, 0.3) is 22.9 Å². The number of fused-ring (bicyclic) bond motifs is 1.